The Morgan fingerprint density at radius 1 is 1.15 bits per heavy atom. The van der Waals surface area contributed by atoms with Gasteiger partial charge >= 0.3 is 0 Å². The lowest BCUT2D eigenvalue weighted by atomic mass is 10.2. The number of aromatic nitrogens is 4. The molecule has 136 valence electrons. The maximum absolute atomic E-state index is 12.4. The average Bonchev–Trinajstić information content (AvgIpc) is 3.27. The van der Waals surface area contributed by atoms with Gasteiger partial charge in [-0.05, 0) is 37.1 Å². The van der Waals surface area contributed by atoms with Crippen LogP contribution in [0.4, 0.5) is 5.13 Å². The number of rotatable bonds is 5. The van der Waals surface area contributed by atoms with E-state index in [0.717, 1.165) is 21.3 Å². The minimum atomic E-state index is -0.289. The largest absolute Gasteiger partial charge is 0.306 e. The molecule has 3 aromatic heterocycles. The van der Waals surface area contributed by atoms with Crippen LogP contribution in [0, 0.1) is 13.8 Å². The van der Waals surface area contributed by atoms with Gasteiger partial charge in [-0.15, -0.1) is 10.2 Å². The summed E-state index contributed by atoms with van der Waals surface area (Å²) in [5, 5.41) is 11.4. The van der Waals surface area contributed by atoms with Gasteiger partial charge in [0.25, 0.3) is 5.91 Å². The summed E-state index contributed by atoms with van der Waals surface area (Å²) in [6, 6.07) is 12.3. The fraction of sp³-hybridized carbons (Fsp3) is 0.158. The number of aryl methyl sites for hydroxylation is 2. The van der Waals surface area contributed by atoms with E-state index in [2.05, 4.69) is 51.7 Å². The van der Waals surface area contributed by atoms with Crippen molar-refractivity contribution in [2.24, 2.45) is 0 Å². The molecular weight excluding hydrogens is 378 g/mol. The Balaban J connectivity index is 1.40. The number of hydrogen-bond acceptors (Lipinski definition) is 6. The van der Waals surface area contributed by atoms with Crippen molar-refractivity contribution in [3.05, 3.63) is 71.2 Å². The van der Waals surface area contributed by atoms with Gasteiger partial charge in [-0.2, -0.15) is 0 Å². The Morgan fingerprint density at radius 2 is 1.96 bits per heavy atom. The zero-order valence-corrected chi connectivity index (χ0v) is 16.5. The average molecular weight is 396 g/mol. The second-order valence-electron chi connectivity index (χ2n) is 6.20. The van der Waals surface area contributed by atoms with Gasteiger partial charge in [0.05, 0.1) is 0 Å². The van der Waals surface area contributed by atoms with Gasteiger partial charge in [-0.25, -0.2) is 4.98 Å². The number of hydrogen-bond donors (Lipinski definition) is 1. The quantitative estimate of drug-likeness (QED) is 0.402. The predicted molar refractivity (Wildman–Crippen MR) is 109 cm³/mol. The minimum absolute atomic E-state index is 0.289. The first kappa shape index (κ1) is 17.7. The maximum atomic E-state index is 12.4. The highest BCUT2D eigenvalue weighted by Gasteiger charge is 2.14. The van der Waals surface area contributed by atoms with Gasteiger partial charge in [0.15, 0.2) is 4.34 Å². The molecule has 0 aliphatic heterocycles. The first-order valence-corrected chi connectivity index (χ1v) is 10.2. The van der Waals surface area contributed by atoms with E-state index in [1.807, 2.05) is 29.7 Å². The summed E-state index contributed by atoms with van der Waals surface area (Å²) >= 11 is 2.96. The molecule has 0 radical (unpaired) electrons. The van der Waals surface area contributed by atoms with Crippen LogP contribution in [0.25, 0.3) is 5.65 Å². The van der Waals surface area contributed by atoms with Gasteiger partial charge in [-0.1, -0.05) is 52.9 Å². The van der Waals surface area contributed by atoms with Gasteiger partial charge in [-0.3, -0.25) is 10.1 Å². The van der Waals surface area contributed by atoms with E-state index >= 15 is 0 Å². The van der Waals surface area contributed by atoms with E-state index in [0.29, 0.717) is 10.8 Å². The zero-order chi connectivity index (χ0) is 18.8. The Morgan fingerprint density at radius 3 is 2.78 bits per heavy atom. The van der Waals surface area contributed by atoms with Crippen molar-refractivity contribution in [3.8, 4) is 0 Å². The summed E-state index contributed by atoms with van der Waals surface area (Å²) in [6.07, 6.45) is 3.59. The fourth-order valence-electron chi connectivity index (χ4n) is 2.50. The molecule has 0 saturated carbocycles. The second-order valence-corrected chi connectivity index (χ2v) is 8.40. The van der Waals surface area contributed by atoms with Gasteiger partial charge in [0, 0.05) is 18.1 Å². The van der Waals surface area contributed by atoms with E-state index in [-0.39, 0.29) is 5.91 Å². The van der Waals surface area contributed by atoms with Gasteiger partial charge in [0.1, 0.15) is 11.3 Å². The van der Waals surface area contributed by atoms with Crippen LogP contribution in [-0.4, -0.2) is 25.5 Å². The van der Waals surface area contributed by atoms with Crippen molar-refractivity contribution in [2.75, 3.05) is 5.32 Å². The summed E-state index contributed by atoms with van der Waals surface area (Å²) in [4.78, 5) is 16.8. The van der Waals surface area contributed by atoms with Crippen molar-refractivity contribution >= 4 is 39.8 Å². The molecule has 0 fully saturated rings. The maximum Gasteiger partial charge on any atom is 0.277 e. The number of benzene rings is 1. The van der Waals surface area contributed by atoms with E-state index < -0.39 is 0 Å². The standard InChI is InChI=1S/C19H17N5OS2/c1-12-3-5-14(6-4-12)11-26-19-23-22-18(27-19)21-17(25)15-10-24-8-7-13(2)9-16(24)20-15/h3-10H,11H2,1-2H3,(H,21,22,25). The molecular formula is C19H17N5OS2. The van der Waals surface area contributed by atoms with Crippen LogP contribution in [0.2, 0.25) is 0 Å². The molecule has 1 amide bonds. The van der Waals surface area contributed by atoms with E-state index in [9.17, 15) is 4.79 Å². The highest BCUT2D eigenvalue weighted by atomic mass is 32.2. The monoisotopic (exact) mass is 395 g/mol. The van der Waals surface area contributed by atoms with Gasteiger partial charge in [0.2, 0.25) is 5.13 Å². The molecule has 8 heteroatoms. The van der Waals surface area contributed by atoms with Crippen LogP contribution in [0.15, 0.2) is 53.1 Å². The first-order valence-electron chi connectivity index (χ1n) is 8.35. The number of thioether (sulfide) groups is 1. The topological polar surface area (TPSA) is 72.2 Å². The van der Waals surface area contributed by atoms with Crippen LogP contribution in [0.5, 0.6) is 0 Å². The fourth-order valence-corrected chi connectivity index (χ4v) is 4.21. The number of fused-ring (bicyclic) bond motifs is 1. The molecule has 0 aliphatic rings. The Bertz CT molecular complexity index is 1100. The van der Waals surface area contributed by atoms with Crippen molar-refractivity contribution in [1.29, 1.82) is 0 Å². The molecule has 0 saturated heterocycles. The van der Waals surface area contributed by atoms with Crippen LogP contribution in [-0.2, 0) is 5.75 Å². The molecule has 0 unspecified atom stereocenters. The number of carbonyl (C=O) groups excluding carboxylic acids is 1. The molecule has 4 aromatic rings. The minimum Gasteiger partial charge on any atom is -0.306 e. The Labute approximate surface area is 164 Å². The summed E-state index contributed by atoms with van der Waals surface area (Å²) in [5.74, 6) is 0.525. The molecule has 1 N–H and O–H groups in total. The molecule has 27 heavy (non-hydrogen) atoms. The molecule has 0 atom stereocenters. The van der Waals surface area contributed by atoms with Crippen LogP contribution in [0.3, 0.4) is 0 Å². The lowest BCUT2D eigenvalue weighted by Gasteiger charge is -1.99. The molecule has 4 rings (SSSR count). The van der Waals surface area contributed by atoms with Crippen molar-refractivity contribution in [3.63, 3.8) is 0 Å². The molecule has 3 heterocycles. The van der Waals surface area contributed by atoms with Crippen LogP contribution < -0.4 is 5.32 Å². The number of pyridine rings is 1. The van der Waals surface area contributed by atoms with Crippen LogP contribution in [0.1, 0.15) is 27.2 Å². The van der Waals surface area contributed by atoms with E-state index in [4.69, 9.17) is 0 Å². The molecule has 0 aliphatic carbocycles. The highest BCUT2D eigenvalue weighted by Crippen LogP contribution is 2.28. The highest BCUT2D eigenvalue weighted by molar-refractivity contribution is 8.00. The van der Waals surface area contributed by atoms with Crippen molar-refractivity contribution < 1.29 is 4.79 Å². The predicted octanol–water partition coefficient (Wildman–Crippen LogP) is 4.35. The number of nitrogens with zero attached hydrogens (tertiary/aromatic N) is 4. The first-order chi connectivity index (χ1) is 13.1. The number of amides is 1. The number of imidazole rings is 1. The molecule has 1 aromatic carbocycles. The van der Waals surface area contributed by atoms with Crippen molar-refractivity contribution in [1.82, 2.24) is 19.6 Å². The number of nitrogens with one attached hydrogen (secondary N) is 1. The number of carbonyl (C=O) groups is 1. The second kappa shape index (κ2) is 7.50. The van der Waals surface area contributed by atoms with Crippen molar-refractivity contribution in [2.45, 2.75) is 23.9 Å². The van der Waals surface area contributed by atoms with Gasteiger partial charge < -0.3 is 4.40 Å². The molecule has 0 bridgehead atoms. The summed E-state index contributed by atoms with van der Waals surface area (Å²) in [5.41, 5.74) is 4.66. The smallest absolute Gasteiger partial charge is 0.277 e. The zero-order valence-electron chi connectivity index (χ0n) is 14.8. The molecule has 0 spiro atoms. The summed E-state index contributed by atoms with van der Waals surface area (Å²) < 4.78 is 2.64. The normalized spacial score (nSPS) is 11.0. The third-order valence-electron chi connectivity index (χ3n) is 3.96. The third kappa shape index (κ3) is 4.17. The Kier molecular flexibility index (Phi) is 4.91. The lowest BCUT2D eigenvalue weighted by molar-refractivity contribution is 0.102. The summed E-state index contributed by atoms with van der Waals surface area (Å²) in [7, 11) is 0. The Hall–Kier alpha value is -2.71. The number of anilines is 1. The van der Waals surface area contributed by atoms with E-state index in [1.54, 1.807) is 18.0 Å². The molecule has 6 nitrogen and oxygen atoms in total. The summed E-state index contributed by atoms with van der Waals surface area (Å²) in [6.45, 7) is 4.06. The SMILES string of the molecule is Cc1ccc(CSc2nnc(NC(=O)c3cn4ccc(C)cc4n3)s2)cc1. The van der Waals surface area contributed by atoms with Crippen LogP contribution >= 0.6 is 23.1 Å². The third-order valence-corrected chi connectivity index (χ3v) is 6.00. The lowest BCUT2D eigenvalue weighted by Crippen LogP contribution is -2.12. The van der Waals surface area contributed by atoms with E-state index in [1.165, 1.54) is 22.5 Å².